The van der Waals surface area contributed by atoms with Gasteiger partial charge in [-0.2, -0.15) is 5.26 Å². The molecule has 170 valence electrons. The maximum absolute atomic E-state index is 13.2. The smallest absolute Gasteiger partial charge is 0.268 e. The number of carbonyl (C=O) groups is 2. The van der Waals surface area contributed by atoms with Crippen molar-refractivity contribution in [1.82, 2.24) is 15.2 Å². The molecule has 7 nitrogen and oxygen atoms in total. The Labute approximate surface area is 188 Å². The number of para-hydroxylation sites is 1. The summed E-state index contributed by atoms with van der Waals surface area (Å²) in [6, 6.07) is 11.1. The number of nitrogens with one attached hydrogen (secondary N) is 2. The van der Waals surface area contributed by atoms with Crippen LogP contribution < -0.4 is 10.6 Å². The summed E-state index contributed by atoms with van der Waals surface area (Å²) in [5, 5.41) is 26.1. The molecule has 7 heteroatoms. The summed E-state index contributed by atoms with van der Waals surface area (Å²) in [6.45, 7) is 0.264. The van der Waals surface area contributed by atoms with E-state index in [1.807, 2.05) is 34.9 Å². The fourth-order valence-electron chi connectivity index (χ4n) is 5.41. The average molecular weight is 437 g/mol. The van der Waals surface area contributed by atoms with Gasteiger partial charge in [0.05, 0.1) is 18.6 Å². The van der Waals surface area contributed by atoms with E-state index >= 15 is 0 Å². The lowest BCUT2D eigenvalue weighted by Crippen LogP contribution is -2.51. The maximum Gasteiger partial charge on any atom is 0.268 e. The van der Waals surface area contributed by atoms with Crippen LogP contribution in [0, 0.1) is 23.2 Å². The van der Waals surface area contributed by atoms with Crippen LogP contribution in [0.3, 0.4) is 0 Å². The third-order valence-electron chi connectivity index (χ3n) is 7.09. The first-order chi connectivity index (χ1) is 15.6. The molecule has 32 heavy (non-hydrogen) atoms. The molecule has 4 rings (SSSR count). The number of hydrogen-bond donors (Lipinski definition) is 3. The van der Waals surface area contributed by atoms with Gasteiger partial charge < -0.3 is 20.3 Å². The summed E-state index contributed by atoms with van der Waals surface area (Å²) in [4.78, 5) is 26.3. The van der Waals surface area contributed by atoms with E-state index in [-0.39, 0.29) is 36.3 Å². The summed E-state index contributed by atoms with van der Waals surface area (Å²) in [5.41, 5.74) is 1.39. The van der Waals surface area contributed by atoms with Crippen molar-refractivity contribution in [2.24, 2.45) is 11.8 Å². The first-order valence-corrected chi connectivity index (χ1v) is 11.8. The minimum absolute atomic E-state index is 0.0653. The number of carbonyl (C=O) groups excluding carboxylic acids is 2. The molecular formula is C25H32N4O3. The van der Waals surface area contributed by atoms with E-state index in [2.05, 4.69) is 16.7 Å². The summed E-state index contributed by atoms with van der Waals surface area (Å²) >= 11 is 0. The van der Waals surface area contributed by atoms with E-state index in [1.54, 1.807) is 0 Å². The molecule has 0 aliphatic heterocycles. The molecule has 2 amide bonds. The van der Waals surface area contributed by atoms with Crippen LogP contribution >= 0.6 is 0 Å². The summed E-state index contributed by atoms with van der Waals surface area (Å²) in [7, 11) is 0. The van der Waals surface area contributed by atoms with E-state index in [1.165, 1.54) is 0 Å². The Hall–Kier alpha value is -2.85. The predicted molar refractivity (Wildman–Crippen MR) is 122 cm³/mol. The Morgan fingerprint density at radius 3 is 2.59 bits per heavy atom. The lowest BCUT2D eigenvalue weighted by molar-refractivity contribution is -0.127. The second-order valence-electron chi connectivity index (χ2n) is 9.09. The topological polar surface area (TPSA) is 107 Å². The molecule has 2 aliphatic carbocycles. The van der Waals surface area contributed by atoms with Crippen molar-refractivity contribution in [3.05, 3.63) is 36.0 Å². The molecule has 1 aromatic carbocycles. The van der Waals surface area contributed by atoms with Crippen molar-refractivity contribution in [1.29, 1.82) is 5.26 Å². The molecule has 2 aromatic rings. The number of aliphatic hydroxyl groups excluding tert-OH is 1. The van der Waals surface area contributed by atoms with E-state index < -0.39 is 6.04 Å². The lowest BCUT2D eigenvalue weighted by Gasteiger charge is -2.32. The third-order valence-corrected chi connectivity index (χ3v) is 7.09. The van der Waals surface area contributed by atoms with Gasteiger partial charge in [-0.05, 0) is 43.7 Å². The van der Waals surface area contributed by atoms with E-state index in [0.717, 1.165) is 55.8 Å². The first-order valence-electron chi connectivity index (χ1n) is 11.8. The normalized spacial score (nSPS) is 22.4. The maximum atomic E-state index is 13.2. The van der Waals surface area contributed by atoms with Gasteiger partial charge in [0, 0.05) is 23.5 Å². The van der Waals surface area contributed by atoms with Gasteiger partial charge in [-0.3, -0.25) is 9.59 Å². The Morgan fingerprint density at radius 2 is 1.84 bits per heavy atom. The summed E-state index contributed by atoms with van der Waals surface area (Å²) in [6.07, 6.45) is 7.54. The van der Waals surface area contributed by atoms with Gasteiger partial charge >= 0.3 is 0 Å². The highest BCUT2D eigenvalue weighted by molar-refractivity contribution is 5.99. The second-order valence-corrected chi connectivity index (χ2v) is 9.09. The van der Waals surface area contributed by atoms with Gasteiger partial charge in [-0.25, -0.2) is 0 Å². The molecule has 0 saturated heterocycles. The van der Waals surface area contributed by atoms with E-state index in [4.69, 9.17) is 0 Å². The minimum Gasteiger partial charge on any atom is -0.395 e. The molecule has 2 aliphatic rings. The number of benzene rings is 1. The van der Waals surface area contributed by atoms with Crippen LogP contribution in [0.15, 0.2) is 30.3 Å². The monoisotopic (exact) mass is 436 g/mol. The Balaban J connectivity index is 1.49. The van der Waals surface area contributed by atoms with Crippen LogP contribution in [0.4, 0.5) is 0 Å². The van der Waals surface area contributed by atoms with Crippen LogP contribution in [0.25, 0.3) is 10.9 Å². The fourth-order valence-corrected chi connectivity index (χ4v) is 5.41. The molecule has 0 unspecified atom stereocenters. The van der Waals surface area contributed by atoms with Crippen molar-refractivity contribution in [2.45, 2.75) is 70.0 Å². The highest BCUT2D eigenvalue weighted by Crippen LogP contribution is 2.29. The zero-order chi connectivity index (χ0) is 22.5. The minimum atomic E-state index is -0.449. The van der Waals surface area contributed by atoms with Crippen molar-refractivity contribution in [2.75, 3.05) is 6.61 Å². The van der Waals surface area contributed by atoms with Crippen molar-refractivity contribution >= 4 is 22.7 Å². The largest absolute Gasteiger partial charge is 0.395 e. The number of rotatable bonds is 7. The van der Waals surface area contributed by atoms with Gasteiger partial charge in [0.15, 0.2) is 0 Å². The van der Waals surface area contributed by atoms with Crippen LogP contribution in [-0.4, -0.2) is 40.2 Å². The van der Waals surface area contributed by atoms with Gasteiger partial charge in [-0.1, -0.05) is 43.9 Å². The van der Waals surface area contributed by atoms with Crippen molar-refractivity contribution in [3.8, 4) is 6.07 Å². The number of aliphatic hydroxyl groups is 1. The van der Waals surface area contributed by atoms with Crippen molar-refractivity contribution in [3.63, 3.8) is 0 Å². The number of aromatic nitrogens is 1. The standard InChI is InChI=1S/C25H32N4O3/c26-16-21(17-7-1-2-8-17)28-24(31)19-10-4-5-11-20(19)27-25(32)23-15-18-9-3-6-12-22(18)29(23)13-14-30/h3,6,9,12,15,17,19-21,30H,1-2,4-5,7-8,10-11,13-14H2,(H,27,32)(H,28,31)/t19-,20+,21-/m1/s1. The average Bonchev–Trinajstić information content (AvgIpc) is 3.47. The third kappa shape index (κ3) is 4.66. The number of nitriles is 1. The number of nitrogens with zero attached hydrogens (tertiary/aromatic N) is 2. The quantitative estimate of drug-likeness (QED) is 0.620. The number of hydrogen-bond acceptors (Lipinski definition) is 4. The van der Waals surface area contributed by atoms with Crippen LogP contribution in [0.5, 0.6) is 0 Å². The van der Waals surface area contributed by atoms with Gasteiger partial charge in [0.1, 0.15) is 11.7 Å². The first kappa shape index (κ1) is 22.3. The molecule has 0 bridgehead atoms. The predicted octanol–water partition coefficient (Wildman–Crippen LogP) is 3.12. The summed E-state index contributed by atoms with van der Waals surface area (Å²) < 4.78 is 1.83. The van der Waals surface area contributed by atoms with E-state index in [0.29, 0.717) is 18.7 Å². The highest BCUT2D eigenvalue weighted by atomic mass is 16.3. The molecule has 3 N–H and O–H groups in total. The molecule has 1 aromatic heterocycles. The van der Waals surface area contributed by atoms with Gasteiger partial charge in [0.2, 0.25) is 5.91 Å². The van der Waals surface area contributed by atoms with Crippen LogP contribution in [0.1, 0.15) is 61.9 Å². The zero-order valence-corrected chi connectivity index (χ0v) is 18.4. The second kappa shape index (κ2) is 10.2. The van der Waals surface area contributed by atoms with Gasteiger partial charge in [-0.15, -0.1) is 0 Å². The van der Waals surface area contributed by atoms with Crippen molar-refractivity contribution < 1.29 is 14.7 Å². The molecule has 3 atom stereocenters. The highest BCUT2D eigenvalue weighted by Gasteiger charge is 2.35. The molecule has 1 heterocycles. The summed E-state index contributed by atoms with van der Waals surface area (Å²) in [5.74, 6) is -0.452. The zero-order valence-electron chi connectivity index (χ0n) is 18.4. The molecule has 2 fully saturated rings. The molecule has 0 spiro atoms. The lowest BCUT2D eigenvalue weighted by atomic mass is 9.83. The Bertz CT molecular complexity index is 1000. The van der Waals surface area contributed by atoms with Crippen LogP contribution in [-0.2, 0) is 11.3 Å². The Kier molecular flexibility index (Phi) is 7.11. The van der Waals surface area contributed by atoms with E-state index in [9.17, 15) is 20.0 Å². The molecular weight excluding hydrogens is 404 g/mol. The fraction of sp³-hybridized carbons (Fsp3) is 0.560. The number of fused-ring (bicyclic) bond motifs is 1. The van der Waals surface area contributed by atoms with Gasteiger partial charge in [0.25, 0.3) is 5.91 Å². The molecule has 0 radical (unpaired) electrons. The Morgan fingerprint density at radius 1 is 1.12 bits per heavy atom. The number of amides is 2. The SMILES string of the molecule is N#C[C@@H](NC(=O)[C@@H]1CCCC[C@@H]1NC(=O)c1cc2ccccc2n1CCO)C1CCCC1. The molecule has 2 saturated carbocycles. The van der Waals surface area contributed by atoms with Crippen LogP contribution in [0.2, 0.25) is 0 Å².